The van der Waals surface area contributed by atoms with E-state index in [1.807, 2.05) is 44.2 Å². The van der Waals surface area contributed by atoms with E-state index in [1.165, 1.54) is 22.4 Å². The highest BCUT2D eigenvalue weighted by atomic mass is 16.5. The summed E-state index contributed by atoms with van der Waals surface area (Å²) in [4.78, 5) is 17.8. The summed E-state index contributed by atoms with van der Waals surface area (Å²) in [6, 6.07) is 27.7. The van der Waals surface area contributed by atoms with E-state index in [2.05, 4.69) is 65.3 Å². The molecule has 0 radical (unpaired) electrons. The van der Waals surface area contributed by atoms with Crippen molar-refractivity contribution in [3.05, 3.63) is 90.0 Å². The number of anilines is 1. The molecule has 3 aromatic carbocycles. The van der Waals surface area contributed by atoms with E-state index >= 15 is 0 Å². The number of ether oxygens (including phenoxy) is 1. The molecule has 1 aliphatic rings. The van der Waals surface area contributed by atoms with Crippen molar-refractivity contribution in [2.45, 2.75) is 39.0 Å². The molecule has 4 nitrogen and oxygen atoms in total. The third kappa shape index (κ3) is 6.12. The summed E-state index contributed by atoms with van der Waals surface area (Å²) in [5, 5.41) is 0. The van der Waals surface area contributed by atoms with E-state index in [-0.39, 0.29) is 5.97 Å². The molecule has 0 bridgehead atoms. The van der Waals surface area contributed by atoms with Gasteiger partial charge in [0.2, 0.25) is 0 Å². The van der Waals surface area contributed by atoms with Gasteiger partial charge in [-0.3, -0.25) is 9.69 Å². The third-order valence-corrected chi connectivity index (χ3v) is 7.24. The maximum atomic E-state index is 12.8. The van der Waals surface area contributed by atoms with E-state index < -0.39 is 5.41 Å². The Kier molecular flexibility index (Phi) is 8.25. The van der Waals surface area contributed by atoms with Crippen molar-refractivity contribution < 1.29 is 9.53 Å². The lowest BCUT2D eigenvalue weighted by Crippen LogP contribution is -2.47. The Labute approximate surface area is 210 Å². The van der Waals surface area contributed by atoms with Crippen LogP contribution in [0.3, 0.4) is 0 Å². The van der Waals surface area contributed by atoms with Crippen LogP contribution in [0.25, 0.3) is 11.1 Å². The van der Waals surface area contributed by atoms with Crippen molar-refractivity contribution in [1.82, 2.24) is 4.90 Å². The summed E-state index contributed by atoms with van der Waals surface area (Å²) in [5.41, 5.74) is 5.55. The van der Waals surface area contributed by atoms with Gasteiger partial charge in [0, 0.05) is 31.9 Å². The van der Waals surface area contributed by atoms with Crippen LogP contribution in [0, 0.1) is 6.92 Å². The molecule has 1 aliphatic heterocycles. The highest BCUT2D eigenvalue weighted by Crippen LogP contribution is 2.31. The number of nitrogens with zero attached hydrogens (tertiary/aromatic N) is 2. The lowest BCUT2D eigenvalue weighted by molar-refractivity contribution is -0.149. The average Bonchev–Trinajstić information content (AvgIpc) is 2.90. The van der Waals surface area contributed by atoms with Gasteiger partial charge in [0.15, 0.2) is 0 Å². The maximum Gasteiger partial charge on any atom is 0.316 e. The third-order valence-electron chi connectivity index (χ3n) is 7.24. The second kappa shape index (κ2) is 11.5. The number of hydrogen-bond donors (Lipinski definition) is 0. The number of piperazine rings is 1. The second-order valence-electron chi connectivity index (χ2n) is 9.77. The van der Waals surface area contributed by atoms with Crippen LogP contribution >= 0.6 is 0 Å². The lowest BCUT2D eigenvalue weighted by Gasteiger charge is -2.37. The smallest absolute Gasteiger partial charge is 0.316 e. The molecular weight excluding hydrogens is 432 g/mol. The Hall–Kier alpha value is -3.11. The maximum absolute atomic E-state index is 12.8. The molecule has 35 heavy (non-hydrogen) atoms. The first-order valence-corrected chi connectivity index (χ1v) is 12.9. The molecule has 1 atom stereocenters. The summed E-state index contributed by atoms with van der Waals surface area (Å²) in [6.45, 7) is 11.6. The Morgan fingerprint density at radius 2 is 1.60 bits per heavy atom. The molecule has 3 aromatic rings. The zero-order valence-electron chi connectivity index (χ0n) is 21.4. The van der Waals surface area contributed by atoms with E-state index in [4.69, 9.17) is 4.74 Å². The number of esters is 1. The van der Waals surface area contributed by atoms with Gasteiger partial charge < -0.3 is 9.64 Å². The minimum absolute atomic E-state index is 0.120. The Bertz CT molecular complexity index is 1090. The number of rotatable bonds is 9. The van der Waals surface area contributed by atoms with Gasteiger partial charge in [-0.15, -0.1) is 0 Å². The zero-order chi connectivity index (χ0) is 24.7. The predicted molar refractivity (Wildman–Crippen MR) is 145 cm³/mol. The van der Waals surface area contributed by atoms with Crippen molar-refractivity contribution in [2.24, 2.45) is 0 Å². The van der Waals surface area contributed by atoms with Gasteiger partial charge in [0.25, 0.3) is 0 Å². The van der Waals surface area contributed by atoms with Crippen molar-refractivity contribution >= 4 is 11.7 Å². The number of hydrogen-bond acceptors (Lipinski definition) is 4. The number of carbonyl (C=O) groups is 1. The van der Waals surface area contributed by atoms with Gasteiger partial charge in [-0.05, 0) is 69.0 Å². The van der Waals surface area contributed by atoms with Gasteiger partial charge in [0.1, 0.15) is 0 Å². The van der Waals surface area contributed by atoms with Gasteiger partial charge in [-0.2, -0.15) is 0 Å². The molecule has 1 saturated heterocycles. The quantitative estimate of drug-likeness (QED) is 0.355. The second-order valence-corrected chi connectivity index (χ2v) is 9.77. The van der Waals surface area contributed by atoms with Gasteiger partial charge in [-0.25, -0.2) is 0 Å². The van der Waals surface area contributed by atoms with E-state index in [0.717, 1.165) is 51.1 Å². The normalized spacial score (nSPS) is 16.0. The van der Waals surface area contributed by atoms with Crippen LogP contribution in [0.4, 0.5) is 5.69 Å². The molecule has 1 fully saturated rings. The zero-order valence-corrected chi connectivity index (χ0v) is 21.4. The molecule has 1 unspecified atom stereocenters. The van der Waals surface area contributed by atoms with Crippen molar-refractivity contribution in [3.8, 4) is 11.1 Å². The Morgan fingerprint density at radius 1 is 0.886 bits per heavy atom. The van der Waals surface area contributed by atoms with Crippen molar-refractivity contribution in [2.75, 3.05) is 44.2 Å². The minimum Gasteiger partial charge on any atom is -0.465 e. The monoisotopic (exact) mass is 470 g/mol. The van der Waals surface area contributed by atoms with Gasteiger partial charge in [-0.1, -0.05) is 72.3 Å². The highest BCUT2D eigenvalue weighted by molar-refractivity contribution is 5.82. The summed E-state index contributed by atoms with van der Waals surface area (Å²) < 4.78 is 5.45. The molecular formula is C31H38N2O2. The highest BCUT2D eigenvalue weighted by Gasteiger charge is 2.36. The number of benzene rings is 3. The average molecular weight is 471 g/mol. The SMILES string of the molecule is CCOC(=O)C(C)(CCCN1CCN(c2ccc(-c3cccc(C)c3)cc2)CC1)c1ccccc1. The van der Waals surface area contributed by atoms with Crippen LogP contribution in [-0.4, -0.2) is 50.2 Å². The molecule has 0 spiro atoms. The number of aryl methyl sites for hydroxylation is 1. The first-order valence-electron chi connectivity index (χ1n) is 12.9. The van der Waals surface area contributed by atoms with Crippen LogP contribution in [0.15, 0.2) is 78.9 Å². The molecule has 0 saturated carbocycles. The van der Waals surface area contributed by atoms with Crippen LogP contribution in [0.2, 0.25) is 0 Å². The molecule has 184 valence electrons. The standard InChI is InChI=1S/C31H38N2O2/c1-4-35-30(34)31(3,28-12-6-5-7-13-28)18-9-19-32-20-22-33(23-21-32)29-16-14-26(15-17-29)27-11-8-10-25(2)24-27/h5-8,10-17,24H,4,9,18-23H2,1-3H3. The number of carbonyl (C=O) groups excluding carboxylic acids is 1. The molecule has 0 aliphatic carbocycles. The van der Waals surface area contributed by atoms with Crippen LogP contribution in [0.1, 0.15) is 37.8 Å². The molecule has 0 aromatic heterocycles. The van der Waals surface area contributed by atoms with E-state index in [1.54, 1.807) is 0 Å². The summed E-state index contributed by atoms with van der Waals surface area (Å²) >= 11 is 0. The fourth-order valence-electron chi connectivity index (χ4n) is 5.04. The molecule has 0 amide bonds. The van der Waals surface area contributed by atoms with Gasteiger partial charge in [0.05, 0.1) is 12.0 Å². The topological polar surface area (TPSA) is 32.8 Å². The first kappa shape index (κ1) is 25.0. The largest absolute Gasteiger partial charge is 0.465 e. The first-order chi connectivity index (χ1) is 17.0. The minimum atomic E-state index is -0.599. The molecule has 4 rings (SSSR count). The fraction of sp³-hybridized carbons (Fsp3) is 0.387. The van der Waals surface area contributed by atoms with Crippen molar-refractivity contribution in [1.29, 1.82) is 0 Å². The van der Waals surface area contributed by atoms with Gasteiger partial charge >= 0.3 is 5.97 Å². The fourth-order valence-corrected chi connectivity index (χ4v) is 5.04. The Balaban J connectivity index is 1.29. The lowest BCUT2D eigenvalue weighted by atomic mass is 9.78. The van der Waals surface area contributed by atoms with Crippen LogP contribution < -0.4 is 4.90 Å². The van der Waals surface area contributed by atoms with Crippen LogP contribution in [0.5, 0.6) is 0 Å². The Morgan fingerprint density at radius 3 is 2.26 bits per heavy atom. The van der Waals surface area contributed by atoms with Crippen molar-refractivity contribution in [3.63, 3.8) is 0 Å². The molecule has 1 heterocycles. The molecule has 0 N–H and O–H groups in total. The molecule has 4 heteroatoms. The predicted octanol–water partition coefficient (Wildman–Crippen LogP) is 6.09. The van der Waals surface area contributed by atoms with Crippen LogP contribution in [-0.2, 0) is 14.9 Å². The summed E-state index contributed by atoms with van der Waals surface area (Å²) in [7, 11) is 0. The van der Waals surface area contributed by atoms with E-state index in [0.29, 0.717) is 6.61 Å². The summed E-state index contributed by atoms with van der Waals surface area (Å²) in [6.07, 6.45) is 1.76. The summed E-state index contributed by atoms with van der Waals surface area (Å²) in [5.74, 6) is -0.120. The van der Waals surface area contributed by atoms with E-state index in [9.17, 15) is 4.79 Å².